The third-order valence-corrected chi connectivity index (χ3v) is 5.07. The zero-order valence-corrected chi connectivity index (χ0v) is 12.4. The number of nitrogens with one attached hydrogen (secondary N) is 1. The van der Waals surface area contributed by atoms with Crippen molar-refractivity contribution in [2.75, 3.05) is 25.5 Å². The van der Waals surface area contributed by atoms with Gasteiger partial charge in [-0.25, -0.2) is 0 Å². The van der Waals surface area contributed by atoms with Crippen LogP contribution in [0.1, 0.15) is 31.9 Å². The highest BCUT2D eigenvalue weighted by atomic mass is 32.2. The van der Waals surface area contributed by atoms with Gasteiger partial charge in [-0.15, -0.1) is 11.8 Å². The lowest BCUT2D eigenvalue weighted by Gasteiger charge is -2.32. The third kappa shape index (κ3) is 2.56. The van der Waals surface area contributed by atoms with E-state index in [9.17, 15) is 0 Å². The second kappa shape index (κ2) is 5.63. The zero-order valence-electron chi connectivity index (χ0n) is 11.6. The molecule has 3 rings (SSSR count). The molecule has 0 fully saturated rings. The summed E-state index contributed by atoms with van der Waals surface area (Å²) in [6.07, 6.45) is 0.958. The van der Waals surface area contributed by atoms with Crippen LogP contribution < -0.4 is 14.8 Å². The molecule has 0 aliphatic carbocycles. The summed E-state index contributed by atoms with van der Waals surface area (Å²) in [5.74, 6) is 3.62. The summed E-state index contributed by atoms with van der Waals surface area (Å²) in [6.45, 7) is 6.97. The molecule has 0 saturated heterocycles. The van der Waals surface area contributed by atoms with E-state index in [1.165, 1.54) is 10.5 Å². The first-order chi connectivity index (χ1) is 9.29. The Morgan fingerprint density at radius 2 is 2.00 bits per heavy atom. The minimum absolute atomic E-state index is 0.429. The molecular formula is C15H21NO2S. The maximum absolute atomic E-state index is 5.81. The fraction of sp³-hybridized carbons (Fsp3) is 0.600. The largest absolute Gasteiger partial charge is 0.490 e. The molecule has 0 aromatic heterocycles. The summed E-state index contributed by atoms with van der Waals surface area (Å²) < 4.78 is 11.6. The van der Waals surface area contributed by atoms with Crippen molar-refractivity contribution in [1.82, 2.24) is 5.32 Å². The van der Waals surface area contributed by atoms with Crippen LogP contribution in [-0.2, 0) is 0 Å². The van der Waals surface area contributed by atoms with E-state index in [0.29, 0.717) is 12.0 Å². The smallest absolute Gasteiger partial charge is 0.162 e. The zero-order chi connectivity index (χ0) is 13.2. The molecule has 0 bridgehead atoms. The Bertz CT molecular complexity index is 464. The van der Waals surface area contributed by atoms with E-state index in [0.717, 1.165) is 43.4 Å². The van der Waals surface area contributed by atoms with Gasteiger partial charge in [0.1, 0.15) is 0 Å². The van der Waals surface area contributed by atoms with Crippen LogP contribution in [0.4, 0.5) is 0 Å². The molecule has 4 heteroatoms. The number of thioether (sulfide) groups is 1. The Hall–Kier alpha value is -0.870. The Morgan fingerprint density at radius 1 is 1.26 bits per heavy atom. The summed E-state index contributed by atoms with van der Waals surface area (Å²) in [7, 11) is 0. The van der Waals surface area contributed by atoms with Crippen molar-refractivity contribution in [2.24, 2.45) is 5.92 Å². The van der Waals surface area contributed by atoms with Crippen LogP contribution in [0.2, 0.25) is 0 Å². The van der Waals surface area contributed by atoms with Crippen LogP contribution in [0.5, 0.6) is 11.5 Å². The number of fused-ring (bicyclic) bond motifs is 2. The molecule has 2 unspecified atom stereocenters. The van der Waals surface area contributed by atoms with Gasteiger partial charge in [0.15, 0.2) is 11.5 Å². The predicted octanol–water partition coefficient (Wildman–Crippen LogP) is 3.24. The van der Waals surface area contributed by atoms with Gasteiger partial charge in [0.05, 0.1) is 13.2 Å². The Morgan fingerprint density at radius 3 is 2.74 bits per heavy atom. The summed E-state index contributed by atoms with van der Waals surface area (Å²) in [6, 6.07) is 4.78. The van der Waals surface area contributed by atoms with Crippen molar-refractivity contribution < 1.29 is 9.47 Å². The molecule has 104 valence electrons. The molecule has 1 N–H and O–H groups in total. The number of benzene rings is 1. The monoisotopic (exact) mass is 279 g/mol. The minimum atomic E-state index is 0.429. The van der Waals surface area contributed by atoms with E-state index in [2.05, 4.69) is 31.3 Å². The molecule has 0 spiro atoms. The summed E-state index contributed by atoms with van der Waals surface area (Å²) in [5.41, 5.74) is 1.37. The van der Waals surface area contributed by atoms with E-state index in [4.69, 9.17) is 9.47 Å². The molecule has 2 heterocycles. The molecule has 2 atom stereocenters. The summed E-state index contributed by atoms with van der Waals surface area (Å²) in [4.78, 5) is 1.34. The van der Waals surface area contributed by atoms with Crippen LogP contribution in [-0.4, -0.2) is 25.5 Å². The van der Waals surface area contributed by atoms with Gasteiger partial charge >= 0.3 is 0 Å². The SMILES string of the molecule is CCNC1c2cc3c(cc2SCC1C)OCCCO3. The maximum Gasteiger partial charge on any atom is 0.162 e. The topological polar surface area (TPSA) is 30.5 Å². The second-order valence-electron chi connectivity index (χ2n) is 5.21. The fourth-order valence-electron chi connectivity index (χ4n) is 2.73. The van der Waals surface area contributed by atoms with E-state index in [1.807, 2.05) is 11.8 Å². The first-order valence-corrected chi connectivity index (χ1v) is 8.08. The molecule has 0 radical (unpaired) electrons. The summed E-state index contributed by atoms with van der Waals surface area (Å²) in [5, 5.41) is 3.60. The maximum atomic E-state index is 5.81. The first kappa shape index (κ1) is 13.1. The quantitative estimate of drug-likeness (QED) is 0.900. The highest BCUT2D eigenvalue weighted by molar-refractivity contribution is 7.99. The average Bonchev–Trinajstić information content (AvgIpc) is 2.65. The average molecular weight is 279 g/mol. The molecule has 2 aliphatic rings. The van der Waals surface area contributed by atoms with Crippen molar-refractivity contribution in [1.29, 1.82) is 0 Å². The lowest BCUT2D eigenvalue weighted by atomic mass is 9.94. The minimum Gasteiger partial charge on any atom is -0.490 e. The van der Waals surface area contributed by atoms with Gasteiger partial charge in [-0.05, 0) is 30.2 Å². The number of hydrogen-bond acceptors (Lipinski definition) is 4. The van der Waals surface area contributed by atoms with Crippen molar-refractivity contribution >= 4 is 11.8 Å². The van der Waals surface area contributed by atoms with Gasteiger partial charge in [-0.2, -0.15) is 0 Å². The van der Waals surface area contributed by atoms with Crippen LogP contribution in [0, 0.1) is 5.92 Å². The highest BCUT2D eigenvalue weighted by Gasteiger charge is 2.28. The third-order valence-electron chi connectivity index (χ3n) is 3.71. The van der Waals surface area contributed by atoms with Crippen LogP contribution in [0.15, 0.2) is 17.0 Å². The molecule has 3 nitrogen and oxygen atoms in total. The van der Waals surface area contributed by atoms with Gasteiger partial charge in [-0.1, -0.05) is 13.8 Å². The second-order valence-corrected chi connectivity index (χ2v) is 6.27. The highest BCUT2D eigenvalue weighted by Crippen LogP contribution is 2.45. The molecule has 19 heavy (non-hydrogen) atoms. The van der Waals surface area contributed by atoms with Gasteiger partial charge in [0, 0.05) is 23.1 Å². The summed E-state index contributed by atoms with van der Waals surface area (Å²) >= 11 is 1.93. The van der Waals surface area contributed by atoms with E-state index >= 15 is 0 Å². The molecule has 0 amide bonds. The van der Waals surface area contributed by atoms with Crippen molar-refractivity contribution in [3.8, 4) is 11.5 Å². The number of ether oxygens (including phenoxy) is 2. The Kier molecular flexibility index (Phi) is 3.89. The van der Waals surface area contributed by atoms with E-state index in [1.54, 1.807) is 0 Å². The van der Waals surface area contributed by atoms with Crippen LogP contribution in [0.25, 0.3) is 0 Å². The first-order valence-electron chi connectivity index (χ1n) is 7.09. The van der Waals surface area contributed by atoms with Gasteiger partial charge in [-0.3, -0.25) is 0 Å². The van der Waals surface area contributed by atoms with Crippen molar-refractivity contribution in [2.45, 2.75) is 31.2 Å². The number of hydrogen-bond donors (Lipinski definition) is 1. The molecule has 1 aromatic rings. The molecule has 2 aliphatic heterocycles. The van der Waals surface area contributed by atoms with E-state index in [-0.39, 0.29) is 0 Å². The Labute approximate surface area is 119 Å². The molecule has 0 saturated carbocycles. The number of rotatable bonds is 2. The van der Waals surface area contributed by atoms with Gasteiger partial charge < -0.3 is 14.8 Å². The standard InChI is InChI=1S/C15H21NO2S/c1-3-16-15-10(2)9-19-14-8-13-12(7-11(14)15)17-5-4-6-18-13/h7-8,10,15-16H,3-6,9H2,1-2H3. The van der Waals surface area contributed by atoms with Crippen LogP contribution in [0.3, 0.4) is 0 Å². The van der Waals surface area contributed by atoms with Gasteiger partial charge in [0.2, 0.25) is 0 Å². The Balaban J connectivity index is 1.99. The lowest BCUT2D eigenvalue weighted by Crippen LogP contribution is -2.30. The van der Waals surface area contributed by atoms with Crippen LogP contribution >= 0.6 is 11.8 Å². The van der Waals surface area contributed by atoms with Gasteiger partial charge in [0.25, 0.3) is 0 Å². The van der Waals surface area contributed by atoms with E-state index < -0.39 is 0 Å². The lowest BCUT2D eigenvalue weighted by molar-refractivity contribution is 0.296. The van der Waals surface area contributed by atoms with Crippen molar-refractivity contribution in [3.05, 3.63) is 17.7 Å². The molecular weight excluding hydrogens is 258 g/mol. The normalized spacial score (nSPS) is 25.6. The fourth-order valence-corrected chi connectivity index (χ4v) is 3.91. The molecule has 1 aromatic carbocycles. The van der Waals surface area contributed by atoms with Crippen molar-refractivity contribution in [3.63, 3.8) is 0 Å². The predicted molar refractivity (Wildman–Crippen MR) is 78.4 cm³/mol.